The van der Waals surface area contributed by atoms with E-state index in [1.54, 1.807) is 32.0 Å². The van der Waals surface area contributed by atoms with Crippen molar-refractivity contribution in [2.45, 2.75) is 30.1 Å². The van der Waals surface area contributed by atoms with Crippen LogP contribution in [-0.4, -0.2) is 28.1 Å². The summed E-state index contributed by atoms with van der Waals surface area (Å²) < 4.78 is 5.68. The molecule has 0 aromatic heterocycles. The van der Waals surface area contributed by atoms with Crippen LogP contribution in [0.2, 0.25) is 0 Å². The SMILES string of the molecule is CC(Oc1ccc2ccccc2c1)C(=O)NNC(=O)C(C)Sc1ccc([N+](=O)[O-])cc1. The number of fused-ring (bicyclic) bond motifs is 1. The van der Waals surface area contributed by atoms with Crippen LogP contribution in [0, 0.1) is 10.1 Å². The average Bonchev–Trinajstić information content (AvgIpc) is 2.77. The van der Waals surface area contributed by atoms with Gasteiger partial charge in [-0.25, -0.2) is 0 Å². The fourth-order valence-electron chi connectivity index (χ4n) is 2.73. The molecule has 0 fully saturated rings. The number of carbonyl (C=O) groups excluding carboxylic acids is 2. The van der Waals surface area contributed by atoms with Crippen molar-refractivity contribution in [2.75, 3.05) is 0 Å². The van der Waals surface area contributed by atoms with Gasteiger partial charge in [0.05, 0.1) is 10.2 Å². The Morgan fingerprint density at radius 3 is 2.26 bits per heavy atom. The molecule has 0 aliphatic rings. The molecule has 8 nitrogen and oxygen atoms in total. The third kappa shape index (κ3) is 5.95. The van der Waals surface area contributed by atoms with Crippen LogP contribution in [0.5, 0.6) is 5.75 Å². The number of hydrazine groups is 1. The first-order valence-electron chi connectivity index (χ1n) is 9.50. The highest BCUT2D eigenvalue weighted by atomic mass is 32.2. The van der Waals surface area contributed by atoms with Crippen LogP contribution in [-0.2, 0) is 9.59 Å². The maximum Gasteiger partial charge on any atom is 0.279 e. The first-order valence-corrected chi connectivity index (χ1v) is 10.4. The summed E-state index contributed by atoms with van der Waals surface area (Å²) in [4.78, 5) is 35.5. The predicted octanol–water partition coefficient (Wildman–Crippen LogP) is 3.84. The summed E-state index contributed by atoms with van der Waals surface area (Å²) in [6, 6.07) is 19.3. The smallest absolute Gasteiger partial charge is 0.279 e. The van der Waals surface area contributed by atoms with E-state index in [1.807, 2.05) is 36.4 Å². The van der Waals surface area contributed by atoms with Crippen molar-refractivity contribution in [2.24, 2.45) is 0 Å². The Labute approximate surface area is 183 Å². The molecule has 2 atom stereocenters. The number of nitrogens with one attached hydrogen (secondary N) is 2. The Morgan fingerprint density at radius 2 is 1.58 bits per heavy atom. The monoisotopic (exact) mass is 439 g/mol. The molecule has 0 saturated heterocycles. The lowest BCUT2D eigenvalue weighted by atomic mass is 10.1. The van der Waals surface area contributed by atoms with Crippen LogP contribution < -0.4 is 15.6 Å². The lowest BCUT2D eigenvalue weighted by molar-refractivity contribution is -0.384. The Balaban J connectivity index is 1.48. The van der Waals surface area contributed by atoms with Gasteiger partial charge in [0.25, 0.3) is 17.5 Å². The van der Waals surface area contributed by atoms with Crippen molar-refractivity contribution >= 4 is 40.0 Å². The first-order chi connectivity index (χ1) is 14.8. The molecule has 3 rings (SSSR count). The van der Waals surface area contributed by atoms with Crippen LogP contribution in [0.1, 0.15) is 13.8 Å². The summed E-state index contributed by atoms with van der Waals surface area (Å²) in [5.41, 5.74) is 4.73. The number of non-ortho nitro benzene ring substituents is 1. The van der Waals surface area contributed by atoms with E-state index in [0.717, 1.165) is 10.8 Å². The van der Waals surface area contributed by atoms with Crippen LogP contribution in [0.4, 0.5) is 5.69 Å². The molecule has 9 heteroatoms. The normalized spacial score (nSPS) is 12.6. The summed E-state index contributed by atoms with van der Waals surface area (Å²) in [7, 11) is 0. The number of rotatable bonds is 7. The topological polar surface area (TPSA) is 111 Å². The molecule has 3 aromatic rings. The van der Waals surface area contributed by atoms with Gasteiger partial charge in [-0.1, -0.05) is 30.3 Å². The Morgan fingerprint density at radius 1 is 0.935 bits per heavy atom. The molecule has 2 N–H and O–H groups in total. The molecule has 2 amide bonds. The molecule has 2 unspecified atom stereocenters. The van der Waals surface area contributed by atoms with Crippen molar-refractivity contribution in [3.05, 3.63) is 76.8 Å². The zero-order valence-corrected chi connectivity index (χ0v) is 17.7. The minimum Gasteiger partial charge on any atom is -0.481 e. The molecule has 0 radical (unpaired) electrons. The van der Waals surface area contributed by atoms with Gasteiger partial charge in [-0.3, -0.25) is 30.6 Å². The molecular formula is C22H21N3O5S. The summed E-state index contributed by atoms with van der Waals surface area (Å²) in [5, 5.41) is 12.2. The van der Waals surface area contributed by atoms with Gasteiger partial charge >= 0.3 is 0 Å². The van der Waals surface area contributed by atoms with E-state index in [4.69, 9.17) is 4.74 Å². The quantitative estimate of drug-likeness (QED) is 0.329. The number of benzene rings is 3. The van der Waals surface area contributed by atoms with Gasteiger partial charge in [0.15, 0.2) is 6.10 Å². The van der Waals surface area contributed by atoms with Gasteiger partial charge < -0.3 is 4.74 Å². The van der Waals surface area contributed by atoms with Crippen LogP contribution in [0.25, 0.3) is 10.8 Å². The largest absolute Gasteiger partial charge is 0.481 e. The van der Waals surface area contributed by atoms with E-state index in [0.29, 0.717) is 10.6 Å². The summed E-state index contributed by atoms with van der Waals surface area (Å²) in [6.45, 7) is 3.26. The summed E-state index contributed by atoms with van der Waals surface area (Å²) in [5.74, 6) is -0.349. The number of nitrogens with zero attached hydrogens (tertiary/aromatic N) is 1. The van der Waals surface area contributed by atoms with Gasteiger partial charge in [0, 0.05) is 17.0 Å². The third-order valence-electron chi connectivity index (χ3n) is 4.44. The molecular weight excluding hydrogens is 418 g/mol. The zero-order chi connectivity index (χ0) is 22.4. The third-order valence-corrected chi connectivity index (χ3v) is 5.55. The fraction of sp³-hybridized carbons (Fsp3) is 0.182. The molecule has 0 aliphatic carbocycles. The van der Waals surface area contributed by atoms with Crippen molar-refractivity contribution < 1.29 is 19.2 Å². The second-order valence-electron chi connectivity index (χ2n) is 6.76. The van der Waals surface area contributed by atoms with Gasteiger partial charge in [0.1, 0.15) is 5.75 Å². The zero-order valence-electron chi connectivity index (χ0n) is 16.9. The highest BCUT2D eigenvalue weighted by Gasteiger charge is 2.19. The minimum absolute atomic E-state index is 0.0193. The molecule has 0 spiro atoms. The van der Waals surface area contributed by atoms with Gasteiger partial charge in [-0.05, 0) is 48.9 Å². The number of amides is 2. The molecule has 3 aromatic carbocycles. The highest BCUT2D eigenvalue weighted by molar-refractivity contribution is 8.00. The maximum absolute atomic E-state index is 12.3. The van der Waals surface area contributed by atoms with Crippen molar-refractivity contribution in [1.29, 1.82) is 0 Å². The number of nitro benzene ring substituents is 1. The van der Waals surface area contributed by atoms with Crippen LogP contribution >= 0.6 is 11.8 Å². The van der Waals surface area contributed by atoms with Crippen molar-refractivity contribution in [3.8, 4) is 5.75 Å². The molecule has 0 heterocycles. The molecule has 160 valence electrons. The maximum atomic E-state index is 12.3. The number of ether oxygens (including phenoxy) is 1. The highest BCUT2D eigenvalue weighted by Crippen LogP contribution is 2.25. The Bertz CT molecular complexity index is 1100. The number of hydrogen-bond donors (Lipinski definition) is 2. The molecule has 0 saturated carbocycles. The van der Waals surface area contributed by atoms with Gasteiger partial charge in [-0.15, -0.1) is 11.8 Å². The van der Waals surface area contributed by atoms with Crippen molar-refractivity contribution in [3.63, 3.8) is 0 Å². The van der Waals surface area contributed by atoms with Gasteiger partial charge in [0.2, 0.25) is 0 Å². The van der Waals surface area contributed by atoms with Crippen LogP contribution in [0.15, 0.2) is 71.6 Å². The van der Waals surface area contributed by atoms with E-state index >= 15 is 0 Å². The lowest BCUT2D eigenvalue weighted by Crippen LogP contribution is -2.49. The number of hydrogen-bond acceptors (Lipinski definition) is 6. The second-order valence-corrected chi connectivity index (χ2v) is 8.17. The summed E-state index contributed by atoms with van der Waals surface area (Å²) in [6.07, 6.45) is -0.820. The second kappa shape index (κ2) is 9.94. The van der Waals surface area contributed by atoms with Gasteiger partial charge in [-0.2, -0.15) is 0 Å². The average molecular weight is 439 g/mol. The molecule has 31 heavy (non-hydrogen) atoms. The lowest BCUT2D eigenvalue weighted by Gasteiger charge is -2.17. The van der Waals surface area contributed by atoms with E-state index in [-0.39, 0.29) is 5.69 Å². The van der Waals surface area contributed by atoms with E-state index in [2.05, 4.69) is 10.9 Å². The Hall–Kier alpha value is -3.59. The molecule has 0 bridgehead atoms. The molecule has 0 aliphatic heterocycles. The first kappa shape index (κ1) is 22.1. The fourth-order valence-corrected chi connectivity index (χ4v) is 3.60. The van der Waals surface area contributed by atoms with Crippen LogP contribution in [0.3, 0.4) is 0 Å². The number of nitro groups is 1. The van der Waals surface area contributed by atoms with E-state index in [1.165, 1.54) is 23.9 Å². The number of thioether (sulfide) groups is 1. The van der Waals surface area contributed by atoms with E-state index < -0.39 is 28.1 Å². The minimum atomic E-state index is -0.820. The van der Waals surface area contributed by atoms with E-state index in [9.17, 15) is 19.7 Å². The van der Waals surface area contributed by atoms with Crippen molar-refractivity contribution in [1.82, 2.24) is 10.9 Å². The predicted molar refractivity (Wildman–Crippen MR) is 119 cm³/mol. The Kier molecular flexibility index (Phi) is 7.09. The standard InChI is InChI=1S/C22H21N3O5S/c1-14(30-19-10-7-16-5-3-4-6-17(16)13-19)21(26)23-24-22(27)15(2)31-20-11-8-18(9-12-20)25(28)29/h3-15H,1-2H3,(H,23,26)(H,24,27). The number of carbonyl (C=O) groups is 2. The summed E-state index contributed by atoms with van der Waals surface area (Å²) >= 11 is 1.22.